The molecule has 2 atom stereocenters. The normalized spacial score (nSPS) is 14.2. The van der Waals surface area contributed by atoms with Crippen molar-refractivity contribution >= 4 is 45.5 Å². The molecular weight excluding hydrogens is 380 g/mol. The fourth-order valence-corrected chi connectivity index (χ4v) is 3.30. The highest BCUT2D eigenvalue weighted by Crippen LogP contribution is 2.33. The van der Waals surface area contributed by atoms with Gasteiger partial charge in [-0.25, -0.2) is 9.78 Å². The summed E-state index contributed by atoms with van der Waals surface area (Å²) in [5, 5.41) is 13.1. The van der Waals surface area contributed by atoms with Gasteiger partial charge in [0.05, 0.1) is 17.7 Å². The lowest BCUT2D eigenvalue weighted by Gasteiger charge is -2.22. The van der Waals surface area contributed by atoms with E-state index in [1.54, 1.807) is 17.5 Å². The van der Waals surface area contributed by atoms with Crippen molar-refractivity contribution in [3.05, 3.63) is 45.9 Å². The smallest absolute Gasteiger partial charge is 0.321 e. The first-order chi connectivity index (χ1) is 11.8. The maximum absolute atomic E-state index is 11.8. The standard InChI is InChI=1S/C16H17ClN4O2S2/c1-3-16(2,11-4-6-12(17)7-5-11)13-10-24-15(20-13)21-14(22)19-8-9-25(18)23/h1,4-7,10H,8-9,18H2,2H3,(H2,19,20,21,22)/t16-,25?/m0/s1. The van der Waals surface area contributed by atoms with E-state index in [0.29, 0.717) is 15.8 Å². The third kappa shape index (κ3) is 5.11. The summed E-state index contributed by atoms with van der Waals surface area (Å²) < 4.78 is 10.8. The van der Waals surface area contributed by atoms with E-state index >= 15 is 0 Å². The number of hydrogen-bond acceptors (Lipinski definition) is 5. The number of benzene rings is 1. The number of thiazole rings is 1. The second kappa shape index (κ2) is 8.56. The number of halogens is 1. The van der Waals surface area contributed by atoms with Crippen LogP contribution < -0.4 is 15.8 Å². The Morgan fingerprint density at radius 2 is 2.20 bits per heavy atom. The summed E-state index contributed by atoms with van der Waals surface area (Å²) in [4.78, 5) is 16.2. The molecule has 0 saturated carbocycles. The van der Waals surface area contributed by atoms with Gasteiger partial charge in [0.2, 0.25) is 0 Å². The Morgan fingerprint density at radius 3 is 2.80 bits per heavy atom. The molecule has 2 aromatic rings. The van der Waals surface area contributed by atoms with Crippen molar-refractivity contribution in [2.75, 3.05) is 17.6 Å². The summed E-state index contributed by atoms with van der Waals surface area (Å²) >= 11 is 5.75. The predicted molar refractivity (Wildman–Crippen MR) is 103 cm³/mol. The number of nitrogens with zero attached hydrogens (tertiary/aromatic N) is 1. The van der Waals surface area contributed by atoms with Crippen LogP contribution >= 0.6 is 22.9 Å². The number of aromatic nitrogens is 1. The summed E-state index contributed by atoms with van der Waals surface area (Å²) in [6.45, 7) is 2.09. The van der Waals surface area contributed by atoms with Crippen molar-refractivity contribution in [2.45, 2.75) is 12.3 Å². The first kappa shape index (κ1) is 19.6. The average molecular weight is 397 g/mol. The van der Waals surface area contributed by atoms with E-state index in [1.807, 2.05) is 19.1 Å². The van der Waals surface area contributed by atoms with Crippen molar-refractivity contribution < 1.29 is 9.35 Å². The fraction of sp³-hybridized carbons (Fsp3) is 0.250. The van der Waals surface area contributed by atoms with Gasteiger partial charge < -0.3 is 9.87 Å². The summed E-state index contributed by atoms with van der Waals surface area (Å²) in [5.74, 6) is 2.95. The summed E-state index contributed by atoms with van der Waals surface area (Å²) in [6, 6.07) is 6.81. The fourth-order valence-electron chi connectivity index (χ4n) is 2.06. The zero-order chi connectivity index (χ0) is 18.4. The quantitative estimate of drug-likeness (QED) is 0.515. The van der Waals surface area contributed by atoms with Gasteiger partial charge in [0.1, 0.15) is 5.75 Å². The maximum atomic E-state index is 11.8. The molecule has 9 heteroatoms. The van der Waals surface area contributed by atoms with E-state index in [0.717, 1.165) is 5.56 Å². The summed E-state index contributed by atoms with van der Waals surface area (Å²) in [5.41, 5.74) is 0.792. The number of nitrogens with two attached hydrogens (primary N) is 1. The molecule has 132 valence electrons. The number of anilines is 1. The molecule has 2 rings (SSSR count). The molecule has 0 bridgehead atoms. The lowest BCUT2D eigenvalue weighted by atomic mass is 9.81. The van der Waals surface area contributed by atoms with Gasteiger partial charge in [0.15, 0.2) is 5.13 Å². The van der Waals surface area contributed by atoms with Gasteiger partial charge in [-0.2, -0.15) is 5.14 Å². The minimum atomic E-state index is -1.45. The van der Waals surface area contributed by atoms with E-state index in [4.69, 9.17) is 23.2 Å². The summed E-state index contributed by atoms with van der Waals surface area (Å²) in [7, 11) is 0. The number of amides is 2. The van der Waals surface area contributed by atoms with Gasteiger partial charge >= 0.3 is 6.03 Å². The Bertz CT molecular complexity index is 773. The molecule has 0 spiro atoms. The number of nitrogens with one attached hydrogen (secondary N) is 2. The third-order valence-corrected chi connectivity index (χ3v) is 5.15. The zero-order valence-corrected chi connectivity index (χ0v) is 15.8. The molecule has 2 amide bonds. The van der Waals surface area contributed by atoms with Crippen LogP contribution in [0.2, 0.25) is 5.02 Å². The molecule has 1 unspecified atom stereocenters. The number of terminal acetylenes is 1. The molecule has 4 N–H and O–H groups in total. The third-order valence-electron chi connectivity index (χ3n) is 3.54. The van der Waals surface area contributed by atoms with Crippen molar-refractivity contribution in [1.29, 1.82) is 0 Å². The maximum Gasteiger partial charge on any atom is 0.321 e. The van der Waals surface area contributed by atoms with Gasteiger partial charge in [-0.15, -0.1) is 17.8 Å². The van der Waals surface area contributed by atoms with Crippen LogP contribution in [0.5, 0.6) is 0 Å². The van der Waals surface area contributed by atoms with Crippen LogP contribution in [-0.4, -0.2) is 27.9 Å². The highest BCUT2D eigenvalue weighted by Gasteiger charge is 2.29. The van der Waals surface area contributed by atoms with Crippen molar-refractivity contribution in [1.82, 2.24) is 10.3 Å². The largest absolute Gasteiger partial charge is 0.598 e. The SMILES string of the molecule is C#C[C@@](C)(c1ccc(Cl)cc1)c1csc(NC(=O)NCC[S+](N)[O-])n1. The van der Waals surface area contributed by atoms with Gasteiger partial charge in [0, 0.05) is 21.8 Å². The van der Waals surface area contributed by atoms with Crippen LogP contribution in [0.1, 0.15) is 18.2 Å². The molecule has 6 nitrogen and oxygen atoms in total. The molecule has 1 aromatic heterocycles. The van der Waals surface area contributed by atoms with Crippen molar-refractivity contribution in [2.24, 2.45) is 5.14 Å². The number of carbonyl (C=O) groups is 1. The number of carbonyl (C=O) groups excluding carboxylic acids is 1. The van der Waals surface area contributed by atoms with Crippen LogP contribution in [0.25, 0.3) is 0 Å². The highest BCUT2D eigenvalue weighted by molar-refractivity contribution is 7.89. The van der Waals surface area contributed by atoms with Crippen LogP contribution in [0, 0.1) is 12.3 Å². The molecule has 1 heterocycles. The van der Waals surface area contributed by atoms with Gasteiger partial charge in [0.25, 0.3) is 0 Å². The minimum Gasteiger partial charge on any atom is -0.598 e. The Labute approximate surface area is 158 Å². The van der Waals surface area contributed by atoms with Crippen LogP contribution in [0.15, 0.2) is 29.6 Å². The van der Waals surface area contributed by atoms with Gasteiger partial charge in [-0.1, -0.05) is 29.7 Å². The lowest BCUT2D eigenvalue weighted by molar-refractivity contribution is 0.252. The van der Waals surface area contributed by atoms with Gasteiger partial charge in [-0.3, -0.25) is 5.32 Å². The zero-order valence-electron chi connectivity index (χ0n) is 13.4. The van der Waals surface area contributed by atoms with Crippen LogP contribution in [0.4, 0.5) is 9.93 Å². The molecule has 25 heavy (non-hydrogen) atoms. The minimum absolute atomic E-state index is 0.183. The lowest BCUT2D eigenvalue weighted by Crippen LogP contribution is -2.34. The molecule has 0 saturated heterocycles. The number of rotatable bonds is 6. The average Bonchev–Trinajstić information content (AvgIpc) is 3.03. The summed E-state index contributed by atoms with van der Waals surface area (Å²) in [6.07, 6.45) is 5.75. The highest BCUT2D eigenvalue weighted by atomic mass is 35.5. The Hall–Kier alpha value is -1.76. The van der Waals surface area contributed by atoms with E-state index in [1.165, 1.54) is 11.3 Å². The molecule has 0 fully saturated rings. The van der Waals surface area contributed by atoms with E-state index in [2.05, 4.69) is 21.5 Å². The van der Waals surface area contributed by atoms with Crippen molar-refractivity contribution in [3.8, 4) is 12.3 Å². The number of hydrogen-bond donors (Lipinski definition) is 3. The van der Waals surface area contributed by atoms with Crippen molar-refractivity contribution in [3.63, 3.8) is 0 Å². The first-order valence-corrected chi connectivity index (χ1v) is 9.86. The Kier molecular flexibility index (Phi) is 6.70. The second-order valence-corrected chi connectivity index (χ2v) is 7.74. The van der Waals surface area contributed by atoms with Crippen LogP contribution in [-0.2, 0) is 16.8 Å². The first-order valence-electron chi connectivity index (χ1n) is 7.22. The Balaban J connectivity index is 2.09. The molecule has 0 aliphatic heterocycles. The molecule has 0 aliphatic carbocycles. The number of urea groups is 1. The molecule has 1 aromatic carbocycles. The predicted octanol–water partition coefficient (Wildman–Crippen LogP) is 2.48. The molecule has 0 radical (unpaired) electrons. The second-order valence-electron chi connectivity index (χ2n) is 5.28. The monoisotopic (exact) mass is 396 g/mol. The van der Waals surface area contributed by atoms with E-state index in [9.17, 15) is 9.35 Å². The molecule has 0 aliphatic rings. The molecular formula is C16H17ClN4O2S2. The van der Waals surface area contributed by atoms with E-state index < -0.39 is 22.8 Å². The van der Waals surface area contributed by atoms with Gasteiger partial charge in [-0.05, 0) is 24.6 Å². The topological polar surface area (TPSA) is 103 Å². The Morgan fingerprint density at radius 1 is 1.52 bits per heavy atom. The van der Waals surface area contributed by atoms with Crippen LogP contribution in [0.3, 0.4) is 0 Å². The van der Waals surface area contributed by atoms with E-state index in [-0.39, 0.29) is 12.3 Å².